The van der Waals surface area contributed by atoms with Crippen LogP contribution in [0.5, 0.6) is 0 Å². The molecule has 0 radical (unpaired) electrons. The Labute approximate surface area is 95.4 Å². The van der Waals surface area contributed by atoms with Crippen molar-refractivity contribution in [1.29, 1.82) is 0 Å². The van der Waals surface area contributed by atoms with Crippen molar-refractivity contribution in [2.24, 2.45) is 5.41 Å². The third-order valence-corrected chi connectivity index (χ3v) is 3.57. The lowest BCUT2D eigenvalue weighted by molar-refractivity contribution is 0.0913. The van der Waals surface area contributed by atoms with Crippen molar-refractivity contribution in [3.63, 3.8) is 0 Å². The zero-order chi connectivity index (χ0) is 11.5. The van der Waals surface area contributed by atoms with Gasteiger partial charge in [-0.05, 0) is 18.3 Å². The maximum Gasteiger partial charge on any atom is 0.0224 e. The van der Waals surface area contributed by atoms with E-state index in [9.17, 15) is 0 Å². The van der Waals surface area contributed by atoms with Crippen LogP contribution in [0, 0.1) is 5.41 Å². The van der Waals surface area contributed by atoms with Crippen molar-refractivity contribution in [1.82, 2.24) is 10.2 Å². The molecular formula is C13H28N2. The number of hydrogen-bond acceptors (Lipinski definition) is 2. The molecule has 2 nitrogen and oxygen atoms in total. The molecule has 2 heteroatoms. The Morgan fingerprint density at radius 1 is 1.13 bits per heavy atom. The van der Waals surface area contributed by atoms with Crippen molar-refractivity contribution in [2.75, 3.05) is 19.6 Å². The molecule has 2 saturated heterocycles. The molecule has 0 aromatic carbocycles. The van der Waals surface area contributed by atoms with Gasteiger partial charge in [-0.1, -0.05) is 34.6 Å². The van der Waals surface area contributed by atoms with Crippen LogP contribution in [-0.4, -0.2) is 36.6 Å². The van der Waals surface area contributed by atoms with E-state index in [4.69, 9.17) is 0 Å². The van der Waals surface area contributed by atoms with Crippen LogP contribution in [0.15, 0.2) is 0 Å². The van der Waals surface area contributed by atoms with Gasteiger partial charge in [0.05, 0.1) is 0 Å². The van der Waals surface area contributed by atoms with Crippen LogP contribution in [0.4, 0.5) is 0 Å². The predicted molar refractivity (Wildman–Crippen MR) is 67.2 cm³/mol. The van der Waals surface area contributed by atoms with Gasteiger partial charge >= 0.3 is 0 Å². The maximum absolute atomic E-state index is 3.49. The Morgan fingerprint density at radius 2 is 1.80 bits per heavy atom. The first-order valence-corrected chi connectivity index (χ1v) is 6.55. The summed E-state index contributed by atoms with van der Waals surface area (Å²) in [7, 11) is 0. The molecular weight excluding hydrogens is 184 g/mol. The Bertz CT molecular complexity index is 183. The third kappa shape index (κ3) is 2.94. The van der Waals surface area contributed by atoms with E-state index in [-0.39, 0.29) is 0 Å². The summed E-state index contributed by atoms with van der Waals surface area (Å²) in [6.45, 7) is 14.8. The van der Waals surface area contributed by atoms with Gasteiger partial charge in [0.25, 0.3) is 0 Å². The second-order valence-electron chi connectivity index (χ2n) is 5.55. The average molecular weight is 212 g/mol. The first kappa shape index (κ1) is 13.0. The van der Waals surface area contributed by atoms with E-state index >= 15 is 0 Å². The van der Waals surface area contributed by atoms with E-state index < -0.39 is 0 Å². The summed E-state index contributed by atoms with van der Waals surface area (Å²) in [4.78, 5) is 2.73. The van der Waals surface area contributed by atoms with Crippen LogP contribution >= 0.6 is 0 Å². The van der Waals surface area contributed by atoms with Crippen molar-refractivity contribution < 1.29 is 0 Å². The summed E-state index contributed by atoms with van der Waals surface area (Å²) in [5.74, 6) is 0. The molecule has 0 aromatic rings. The molecule has 90 valence electrons. The summed E-state index contributed by atoms with van der Waals surface area (Å²) in [5.41, 5.74) is 0.464. The minimum Gasteiger partial charge on any atom is -0.314 e. The summed E-state index contributed by atoms with van der Waals surface area (Å²) < 4.78 is 0. The Hall–Kier alpha value is -0.0800. The van der Waals surface area contributed by atoms with Crippen molar-refractivity contribution >= 4 is 0 Å². The molecule has 2 rings (SSSR count). The smallest absolute Gasteiger partial charge is 0.0224 e. The van der Waals surface area contributed by atoms with Crippen LogP contribution in [0.25, 0.3) is 0 Å². The second-order valence-corrected chi connectivity index (χ2v) is 5.55. The molecule has 15 heavy (non-hydrogen) atoms. The topological polar surface area (TPSA) is 15.3 Å². The van der Waals surface area contributed by atoms with Crippen molar-refractivity contribution in [3.8, 4) is 0 Å². The summed E-state index contributed by atoms with van der Waals surface area (Å²) in [5, 5.41) is 3.49. The first-order chi connectivity index (χ1) is 7.09. The van der Waals surface area contributed by atoms with E-state index in [0.717, 1.165) is 12.1 Å². The molecule has 0 aromatic heterocycles. The average Bonchev–Trinajstić information content (AvgIpc) is 2.63. The van der Waals surface area contributed by atoms with E-state index in [0.29, 0.717) is 5.41 Å². The SMILES string of the molecule is CC.CC(C)(C)C1CCC2CNCCN21. The van der Waals surface area contributed by atoms with Crippen LogP contribution < -0.4 is 5.32 Å². The van der Waals surface area contributed by atoms with Crippen LogP contribution in [-0.2, 0) is 0 Å². The maximum atomic E-state index is 3.49. The molecule has 2 heterocycles. The highest BCUT2D eigenvalue weighted by atomic mass is 15.3. The summed E-state index contributed by atoms with van der Waals surface area (Å²) in [6, 6.07) is 1.65. The predicted octanol–water partition coefficient (Wildman–Crippen LogP) is 2.49. The highest BCUT2D eigenvalue weighted by Gasteiger charge is 2.40. The molecule has 0 bridgehead atoms. The highest BCUT2D eigenvalue weighted by molar-refractivity contribution is 4.96. The zero-order valence-corrected chi connectivity index (χ0v) is 11.1. The Morgan fingerprint density at radius 3 is 2.40 bits per heavy atom. The number of rotatable bonds is 0. The fourth-order valence-corrected chi connectivity index (χ4v) is 2.90. The van der Waals surface area contributed by atoms with Gasteiger partial charge in [-0.2, -0.15) is 0 Å². The normalized spacial score (nSPS) is 31.8. The third-order valence-electron chi connectivity index (χ3n) is 3.57. The Kier molecular flexibility index (Phi) is 4.60. The zero-order valence-electron chi connectivity index (χ0n) is 11.1. The van der Waals surface area contributed by atoms with Gasteiger partial charge in [-0.25, -0.2) is 0 Å². The summed E-state index contributed by atoms with van der Waals surface area (Å²) >= 11 is 0. The lowest BCUT2D eigenvalue weighted by Gasteiger charge is -2.40. The fourth-order valence-electron chi connectivity index (χ4n) is 2.90. The number of nitrogens with zero attached hydrogens (tertiary/aromatic N) is 1. The van der Waals surface area contributed by atoms with Gasteiger partial charge in [-0.15, -0.1) is 0 Å². The van der Waals surface area contributed by atoms with Crippen molar-refractivity contribution in [2.45, 2.75) is 59.5 Å². The molecule has 0 amide bonds. The van der Waals surface area contributed by atoms with Gasteiger partial charge < -0.3 is 5.32 Å². The van der Waals surface area contributed by atoms with Crippen LogP contribution in [0.3, 0.4) is 0 Å². The monoisotopic (exact) mass is 212 g/mol. The highest BCUT2D eigenvalue weighted by Crippen LogP contribution is 2.36. The minimum atomic E-state index is 0.464. The van der Waals surface area contributed by atoms with E-state index in [2.05, 4.69) is 31.0 Å². The molecule has 2 aliphatic rings. The largest absolute Gasteiger partial charge is 0.314 e. The molecule has 0 saturated carbocycles. The van der Waals surface area contributed by atoms with E-state index in [1.165, 1.54) is 32.5 Å². The van der Waals surface area contributed by atoms with Gasteiger partial charge in [0.2, 0.25) is 0 Å². The van der Waals surface area contributed by atoms with Crippen LogP contribution in [0.2, 0.25) is 0 Å². The molecule has 2 aliphatic heterocycles. The number of fused-ring (bicyclic) bond motifs is 1. The molecule has 1 N–H and O–H groups in total. The second kappa shape index (κ2) is 5.31. The quantitative estimate of drug-likeness (QED) is 0.664. The molecule has 0 spiro atoms. The number of piperazine rings is 1. The fraction of sp³-hybridized carbons (Fsp3) is 1.00. The standard InChI is InChI=1S/C11H22N2.C2H6/c1-11(2,3)10-5-4-9-8-12-6-7-13(9)10;1-2/h9-10,12H,4-8H2,1-3H3;1-2H3. The van der Waals surface area contributed by atoms with Gasteiger partial charge in [-0.3, -0.25) is 4.90 Å². The van der Waals surface area contributed by atoms with Crippen molar-refractivity contribution in [3.05, 3.63) is 0 Å². The van der Waals surface area contributed by atoms with E-state index in [1.807, 2.05) is 13.8 Å². The number of nitrogens with one attached hydrogen (secondary N) is 1. The van der Waals surface area contributed by atoms with E-state index in [1.54, 1.807) is 0 Å². The van der Waals surface area contributed by atoms with Gasteiger partial charge in [0.15, 0.2) is 0 Å². The first-order valence-electron chi connectivity index (χ1n) is 6.55. The molecule has 0 aliphatic carbocycles. The summed E-state index contributed by atoms with van der Waals surface area (Å²) in [6.07, 6.45) is 2.80. The number of hydrogen-bond donors (Lipinski definition) is 1. The minimum absolute atomic E-state index is 0.464. The lowest BCUT2D eigenvalue weighted by atomic mass is 9.85. The molecule has 2 unspecified atom stereocenters. The molecule has 2 fully saturated rings. The lowest BCUT2D eigenvalue weighted by Crippen LogP contribution is -2.53. The molecule has 2 atom stereocenters. The Balaban J connectivity index is 0.000000531. The van der Waals surface area contributed by atoms with Crippen LogP contribution in [0.1, 0.15) is 47.5 Å². The van der Waals surface area contributed by atoms with Gasteiger partial charge in [0.1, 0.15) is 0 Å². The van der Waals surface area contributed by atoms with Gasteiger partial charge in [0, 0.05) is 31.7 Å².